The molecule has 0 unspecified atom stereocenters. The number of aromatic nitrogens is 1. The van der Waals surface area contributed by atoms with E-state index in [2.05, 4.69) is 15.5 Å². The normalized spacial score (nSPS) is 15.5. The van der Waals surface area contributed by atoms with Gasteiger partial charge >= 0.3 is 12.0 Å². The first-order valence-corrected chi connectivity index (χ1v) is 20.0. The van der Waals surface area contributed by atoms with Gasteiger partial charge in [-0.05, 0) is 48.4 Å². The number of aryl methyl sites for hydroxylation is 1. The van der Waals surface area contributed by atoms with E-state index in [4.69, 9.17) is 10.6 Å². The van der Waals surface area contributed by atoms with Gasteiger partial charge in [0, 0.05) is 38.1 Å². The van der Waals surface area contributed by atoms with Crippen LogP contribution in [0.2, 0.25) is 0 Å². The minimum Gasteiger partial charge on any atom is -0.390 e. The second-order valence-corrected chi connectivity index (χ2v) is 16.8. The van der Waals surface area contributed by atoms with Gasteiger partial charge < -0.3 is 30.8 Å². The molecule has 2 aromatic carbocycles. The van der Waals surface area contributed by atoms with Crippen LogP contribution in [0.1, 0.15) is 55.9 Å². The number of benzene rings is 2. The number of nitrogens with two attached hydrogens (primary N) is 1. The van der Waals surface area contributed by atoms with Crippen molar-refractivity contribution in [3.8, 4) is 0 Å². The topological polar surface area (TPSA) is 188 Å². The largest absolute Gasteiger partial charge is 0.390 e. The molecular weight excluding hydrogens is 719 g/mol. The van der Waals surface area contributed by atoms with E-state index in [1.54, 1.807) is 9.80 Å². The number of urea groups is 1. The summed E-state index contributed by atoms with van der Waals surface area (Å²) in [5.74, 6) is -1.35. The molecule has 53 heavy (non-hydrogen) atoms. The number of thiazole rings is 1. The Hall–Kier alpha value is -4.22. The molecule has 3 aromatic rings. The summed E-state index contributed by atoms with van der Waals surface area (Å²) in [5, 5.41) is 21.3. The van der Waals surface area contributed by atoms with Crippen molar-refractivity contribution in [2.24, 2.45) is 22.7 Å². The summed E-state index contributed by atoms with van der Waals surface area (Å²) in [6.45, 7) is 10.5. The molecule has 0 radical (unpaired) electrons. The maximum atomic E-state index is 14.1. The number of sulfonamides is 1. The van der Waals surface area contributed by atoms with Crippen LogP contribution >= 0.6 is 11.3 Å². The van der Waals surface area contributed by atoms with Gasteiger partial charge in [0.05, 0.1) is 46.9 Å². The molecular formula is C37H51N7O7S2. The van der Waals surface area contributed by atoms with Crippen molar-refractivity contribution in [3.05, 3.63) is 81.8 Å². The molecule has 1 fully saturated rings. The summed E-state index contributed by atoms with van der Waals surface area (Å²) in [6, 6.07) is 13.2. The molecule has 4 rings (SSSR count). The molecule has 14 nitrogen and oxygen atoms in total. The van der Waals surface area contributed by atoms with E-state index < -0.39 is 40.1 Å². The molecule has 3 atom stereocenters. The Morgan fingerprint density at radius 2 is 1.79 bits per heavy atom. The first-order valence-electron chi connectivity index (χ1n) is 17.7. The quantitative estimate of drug-likeness (QED) is 0.0934. The molecule has 0 bridgehead atoms. The predicted octanol–water partition coefficient (Wildman–Crippen LogP) is 3.37. The summed E-state index contributed by atoms with van der Waals surface area (Å²) >= 11 is 1.52. The molecule has 16 heteroatoms. The van der Waals surface area contributed by atoms with Gasteiger partial charge in [0.25, 0.3) is 0 Å². The lowest BCUT2D eigenvalue weighted by molar-refractivity contribution is -0.143. The van der Waals surface area contributed by atoms with Crippen LogP contribution < -0.4 is 11.1 Å². The molecule has 0 spiro atoms. The fraction of sp³-hybridized carbons (Fsp3) is 0.486. The van der Waals surface area contributed by atoms with E-state index in [-0.39, 0.29) is 55.2 Å². The molecule has 1 aromatic heterocycles. The first-order chi connectivity index (χ1) is 25.2. The van der Waals surface area contributed by atoms with Crippen molar-refractivity contribution < 1.29 is 32.7 Å². The standard InChI is InChI=1S/C37H51N7O7S2/c1-25(2)21-43(53(49,50)31-13-11-29(12-14-31)20-39-51-34(46)15-16-38)23-33(45)32(19-28-9-7-6-8-10-28)41-36(47)35(26(3)4)44-18-17-42(37(44)48)22-30-24-52-27(5)40-30/h6-14,20,24-26,32-33,35,45H,15-19,21-23,38H2,1-5H3,(H,41,47)/t32-,33+,35-/m0/s1. The maximum Gasteiger partial charge on any atom is 0.336 e. The van der Waals surface area contributed by atoms with E-state index in [0.29, 0.717) is 25.2 Å². The lowest BCUT2D eigenvalue weighted by Crippen LogP contribution is -2.57. The van der Waals surface area contributed by atoms with Crippen LogP contribution in [-0.4, -0.2) is 108 Å². The number of rotatable bonds is 19. The molecule has 1 aliphatic heterocycles. The number of carbonyl (C=O) groups excluding carboxylic acids is 3. The number of hydrogen-bond acceptors (Lipinski definition) is 11. The third-order valence-electron chi connectivity index (χ3n) is 8.66. The minimum absolute atomic E-state index is 0.00365. The smallest absolute Gasteiger partial charge is 0.336 e. The summed E-state index contributed by atoms with van der Waals surface area (Å²) in [6.07, 6.45) is 0.220. The predicted molar refractivity (Wildman–Crippen MR) is 203 cm³/mol. The van der Waals surface area contributed by atoms with E-state index in [1.807, 2.05) is 70.3 Å². The first kappa shape index (κ1) is 41.5. The van der Waals surface area contributed by atoms with Crippen molar-refractivity contribution >= 4 is 45.5 Å². The highest BCUT2D eigenvalue weighted by Crippen LogP contribution is 2.23. The molecule has 0 saturated carbocycles. The zero-order valence-corrected chi connectivity index (χ0v) is 32.6. The van der Waals surface area contributed by atoms with Gasteiger partial charge in [-0.1, -0.05) is 75.3 Å². The van der Waals surface area contributed by atoms with Crippen molar-refractivity contribution in [2.75, 3.05) is 32.7 Å². The van der Waals surface area contributed by atoms with Gasteiger partial charge in [0.15, 0.2) is 0 Å². The van der Waals surface area contributed by atoms with Crippen molar-refractivity contribution in [3.63, 3.8) is 0 Å². The number of oxime groups is 1. The number of carbonyl (C=O) groups is 3. The highest BCUT2D eigenvalue weighted by atomic mass is 32.2. The Labute approximate surface area is 316 Å². The molecule has 2 heterocycles. The molecule has 288 valence electrons. The zero-order valence-electron chi connectivity index (χ0n) is 30.9. The maximum absolute atomic E-state index is 14.1. The second-order valence-electron chi connectivity index (χ2n) is 13.8. The highest BCUT2D eigenvalue weighted by molar-refractivity contribution is 7.89. The molecule has 0 aliphatic carbocycles. The fourth-order valence-corrected chi connectivity index (χ4v) is 8.33. The lowest BCUT2D eigenvalue weighted by atomic mass is 9.97. The van der Waals surface area contributed by atoms with Crippen molar-refractivity contribution in [1.29, 1.82) is 0 Å². The van der Waals surface area contributed by atoms with Crippen LogP contribution in [0.4, 0.5) is 4.79 Å². The van der Waals surface area contributed by atoms with Crippen LogP contribution in [0.25, 0.3) is 0 Å². The molecule has 4 N–H and O–H groups in total. The summed E-state index contributed by atoms with van der Waals surface area (Å²) < 4.78 is 29.3. The van der Waals surface area contributed by atoms with Gasteiger partial charge in [0.2, 0.25) is 15.9 Å². The second kappa shape index (κ2) is 19.2. The van der Waals surface area contributed by atoms with Crippen molar-refractivity contribution in [2.45, 2.75) is 77.1 Å². The molecule has 3 amide bonds. The average molecular weight is 770 g/mol. The van der Waals surface area contributed by atoms with Crippen molar-refractivity contribution in [1.82, 2.24) is 24.4 Å². The lowest BCUT2D eigenvalue weighted by Gasteiger charge is -2.34. The molecule has 1 saturated heterocycles. The summed E-state index contributed by atoms with van der Waals surface area (Å²) in [5.41, 5.74) is 7.48. The monoisotopic (exact) mass is 769 g/mol. The number of nitrogens with zero attached hydrogens (tertiary/aromatic N) is 5. The van der Waals surface area contributed by atoms with Gasteiger partial charge in [-0.15, -0.1) is 11.3 Å². The van der Waals surface area contributed by atoms with Crippen LogP contribution in [-0.2, 0) is 37.4 Å². The number of nitrogens with one attached hydrogen (secondary N) is 1. The van der Waals surface area contributed by atoms with Crippen LogP contribution in [0.15, 0.2) is 70.0 Å². The van der Waals surface area contributed by atoms with Gasteiger partial charge in [-0.2, -0.15) is 4.31 Å². The van der Waals surface area contributed by atoms with E-state index >= 15 is 0 Å². The molecule has 1 aliphatic rings. The Morgan fingerprint density at radius 3 is 2.40 bits per heavy atom. The van der Waals surface area contributed by atoms with Crippen LogP contribution in [0, 0.1) is 18.8 Å². The SMILES string of the molecule is Cc1nc(CN2CCN([C@H](C(=O)N[C@@H](Cc3ccccc3)[C@H](O)CN(CC(C)C)S(=O)(=O)c3ccc(C=NOC(=O)CCN)cc3)C(C)C)C2=O)cs1. The average Bonchev–Trinajstić information content (AvgIpc) is 3.68. The summed E-state index contributed by atoms with van der Waals surface area (Å²) in [7, 11) is -4.11. The Bertz CT molecular complexity index is 1800. The minimum atomic E-state index is -4.11. The number of aliphatic hydroxyl groups is 1. The van der Waals surface area contributed by atoms with Crippen LogP contribution in [0.5, 0.6) is 0 Å². The van der Waals surface area contributed by atoms with E-state index in [0.717, 1.165) is 16.3 Å². The van der Waals surface area contributed by atoms with Gasteiger partial charge in [0.1, 0.15) is 6.04 Å². The fourth-order valence-electron chi connectivity index (χ4n) is 6.10. The number of amides is 3. The number of aliphatic hydroxyl groups excluding tert-OH is 1. The zero-order chi connectivity index (χ0) is 38.7. The third-order valence-corrected chi connectivity index (χ3v) is 11.3. The van der Waals surface area contributed by atoms with E-state index in [9.17, 15) is 27.9 Å². The van der Waals surface area contributed by atoms with E-state index in [1.165, 1.54) is 46.1 Å². The Morgan fingerprint density at radius 1 is 1.09 bits per heavy atom. The number of hydrogen-bond donors (Lipinski definition) is 3. The Kier molecular flexibility index (Phi) is 15.1. The summed E-state index contributed by atoms with van der Waals surface area (Å²) in [4.78, 5) is 51.7. The van der Waals surface area contributed by atoms with Gasteiger partial charge in [-0.3, -0.25) is 4.79 Å². The third kappa shape index (κ3) is 11.6. The Balaban J connectivity index is 1.54. The highest BCUT2D eigenvalue weighted by Gasteiger charge is 2.40. The van der Waals surface area contributed by atoms with Gasteiger partial charge in [-0.25, -0.2) is 23.0 Å². The van der Waals surface area contributed by atoms with Crippen LogP contribution in [0.3, 0.4) is 0 Å².